The third-order valence-electron chi connectivity index (χ3n) is 5.18. The van der Waals surface area contributed by atoms with E-state index in [1.165, 1.54) is 21.3 Å². The molecule has 0 aliphatic carbocycles. The van der Waals surface area contributed by atoms with Crippen molar-refractivity contribution in [3.05, 3.63) is 34.0 Å². The zero-order valence-electron chi connectivity index (χ0n) is 15.7. The van der Waals surface area contributed by atoms with E-state index in [2.05, 4.69) is 0 Å². The van der Waals surface area contributed by atoms with Gasteiger partial charge in [-0.3, -0.25) is 4.79 Å². The van der Waals surface area contributed by atoms with Crippen molar-refractivity contribution in [1.82, 2.24) is 4.57 Å². The van der Waals surface area contributed by atoms with Crippen LogP contribution < -0.4 is 24.4 Å². The van der Waals surface area contributed by atoms with Crippen molar-refractivity contribution in [2.75, 3.05) is 28.4 Å². The minimum Gasteiger partial charge on any atom is -0.495 e. The van der Waals surface area contributed by atoms with Crippen LogP contribution in [-0.4, -0.2) is 38.1 Å². The highest BCUT2D eigenvalue weighted by molar-refractivity contribution is 6.03. The first-order valence-electron chi connectivity index (χ1n) is 8.62. The van der Waals surface area contributed by atoms with Crippen LogP contribution in [0.1, 0.15) is 18.1 Å². The molecule has 1 unspecified atom stereocenters. The maximum atomic E-state index is 13.4. The maximum Gasteiger partial charge on any atom is 0.204 e. The predicted octanol–water partition coefficient (Wildman–Crippen LogP) is 2.63. The monoisotopic (exact) mass is 371 g/mol. The number of nitrogens with zero attached hydrogens (tertiary/aromatic N) is 1. The number of hydrogen-bond acceptors (Lipinski definition) is 6. The molecule has 142 valence electrons. The molecule has 2 aromatic carbocycles. The largest absolute Gasteiger partial charge is 0.495 e. The van der Waals surface area contributed by atoms with Gasteiger partial charge < -0.3 is 28.6 Å². The molecule has 1 aliphatic rings. The Hall–Kier alpha value is -2.93. The number of ether oxygens (including phenoxy) is 4. The average molecular weight is 371 g/mol. The molecule has 27 heavy (non-hydrogen) atoms. The molecule has 1 atom stereocenters. The van der Waals surface area contributed by atoms with Gasteiger partial charge in [0.25, 0.3) is 0 Å². The number of hydrogen-bond donors (Lipinski definition) is 1. The molecule has 0 bridgehead atoms. The highest BCUT2D eigenvalue weighted by Crippen LogP contribution is 2.50. The standard InChI is InChI=1S/C20H21NO6/c1-24-12-7-5-6-10-15(12)21-9-8-11(22)13-16(21)14(17(10)23)19(26-3)20(27-4)18(13)25-2/h5-7,11,22H,8-9H2,1-4H3. The molecular formula is C20H21NO6. The second-order valence-electron chi connectivity index (χ2n) is 6.38. The van der Waals surface area contributed by atoms with E-state index < -0.39 is 6.10 Å². The lowest BCUT2D eigenvalue weighted by Crippen LogP contribution is -2.22. The number of rotatable bonds is 4. The molecule has 0 radical (unpaired) electrons. The fourth-order valence-corrected chi connectivity index (χ4v) is 4.09. The second kappa shape index (κ2) is 6.35. The Bertz CT molecular complexity index is 1120. The molecule has 0 fully saturated rings. The highest BCUT2D eigenvalue weighted by Gasteiger charge is 2.33. The van der Waals surface area contributed by atoms with Crippen molar-refractivity contribution in [3.63, 3.8) is 0 Å². The lowest BCUT2D eigenvalue weighted by atomic mass is 9.94. The van der Waals surface area contributed by atoms with Crippen molar-refractivity contribution < 1.29 is 24.1 Å². The Kier molecular flexibility index (Phi) is 4.11. The van der Waals surface area contributed by atoms with Gasteiger partial charge in [-0.2, -0.15) is 0 Å². The molecule has 0 saturated heterocycles. The van der Waals surface area contributed by atoms with Crippen molar-refractivity contribution >= 4 is 21.8 Å². The summed E-state index contributed by atoms with van der Waals surface area (Å²) in [6.07, 6.45) is -0.307. The first kappa shape index (κ1) is 17.5. The summed E-state index contributed by atoms with van der Waals surface area (Å²) in [5, 5.41) is 11.6. The van der Waals surface area contributed by atoms with E-state index in [-0.39, 0.29) is 5.43 Å². The minimum absolute atomic E-state index is 0.205. The first-order valence-corrected chi connectivity index (χ1v) is 8.62. The summed E-state index contributed by atoms with van der Waals surface area (Å²) in [4.78, 5) is 13.4. The van der Waals surface area contributed by atoms with Gasteiger partial charge in [0.15, 0.2) is 11.5 Å². The fraction of sp³-hybridized carbons (Fsp3) is 0.350. The molecule has 0 amide bonds. The van der Waals surface area contributed by atoms with Crippen molar-refractivity contribution in [3.8, 4) is 23.0 Å². The van der Waals surface area contributed by atoms with Crippen molar-refractivity contribution in [2.24, 2.45) is 0 Å². The number of methoxy groups -OCH3 is 4. The molecular weight excluding hydrogens is 350 g/mol. The third kappa shape index (κ3) is 2.21. The average Bonchev–Trinajstić information content (AvgIpc) is 2.70. The van der Waals surface area contributed by atoms with Crippen LogP contribution in [0.15, 0.2) is 23.0 Å². The van der Waals surface area contributed by atoms with E-state index in [9.17, 15) is 9.90 Å². The number of benzene rings is 2. The minimum atomic E-state index is -0.784. The molecule has 7 heteroatoms. The van der Waals surface area contributed by atoms with Gasteiger partial charge in [0.2, 0.25) is 11.2 Å². The lowest BCUT2D eigenvalue weighted by molar-refractivity contribution is 0.152. The van der Waals surface area contributed by atoms with Gasteiger partial charge in [0, 0.05) is 6.54 Å². The highest BCUT2D eigenvalue weighted by atomic mass is 16.5. The Morgan fingerprint density at radius 1 is 0.963 bits per heavy atom. The number of aliphatic hydroxyl groups is 1. The van der Waals surface area contributed by atoms with Gasteiger partial charge in [0.1, 0.15) is 5.75 Å². The van der Waals surface area contributed by atoms with E-state index in [1.807, 2.05) is 10.6 Å². The summed E-state index contributed by atoms with van der Waals surface area (Å²) in [6.45, 7) is 0.528. The van der Waals surface area contributed by atoms with Gasteiger partial charge >= 0.3 is 0 Å². The van der Waals surface area contributed by atoms with E-state index in [0.29, 0.717) is 63.3 Å². The van der Waals surface area contributed by atoms with Crippen molar-refractivity contribution in [2.45, 2.75) is 19.1 Å². The number of aliphatic hydroxyl groups excluding tert-OH is 1. The number of aryl methyl sites for hydroxylation is 1. The van der Waals surface area contributed by atoms with Crippen LogP contribution in [0, 0.1) is 0 Å². The van der Waals surface area contributed by atoms with E-state index in [0.717, 1.165) is 0 Å². The Morgan fingerprint density at radius 2 is 1.67 bits per heavy atom. The number of fused-ring (bicyclic) bond motifs is 2. The van der Waals surface area contributed by atoms with E-state index in [4.69, 9.17) is 18.9 Å². The Morgan fingerprint density at radius 3 is 2.30 bits per heavy atom. The molecule has 4 rings (SSSR count). The fourth-order valence-electron chi connectivity index (χ4n) is 4.09. The quantitative estimate of drug-likeness (QED) is 0.711. The molecule has 0 spiro atoms. The van der Waals surface area contributed by atoms with Crippen LogP contribution in [0.4, 0.5) is 0 Å². The normalized spacial score (nSPS) is 15.8. The number of pyridine rings is 1. The molecule has 7 nitrogen and oxygen atoms in total. The molecule has 2 heterocycles. The maximum absolute atomic E-state index is 13.4. The van der Waals surface area contributed by atoms with Crippen LogP contribution in [-0.2, 0) is 6.54 Å². The van der Waals surface area contributed by atoms with Crippen LogP contribution >= 0.6 is 0 Å². The zero-order valence-corrected chi connectivity index (χ0v) is 15.7. The summed E-state index contributed by atoms with van der Waals surface area (Å²) >= 11 is 0. The van der Waals surface area contributed by atoms with Crippen molar-refractivity contribution in [1.29, 1.82) is 0 Å². The molecule has 1 N–H and O–H groups in total. The smallest absolute Gasteiger partial charge is 0.204 e. The summed E-state index contributed by atoms with van der Waals surface area (Å²) in [5.74, 6) is 1.57. The zero-order chi connectivity index (χ0) is 19.3. The van der Waals surface area contributed by atoms with E-state index >= 15 is 0 Å². The third-order valence-corrected chi connectivity index (χ3v) is 5.18. The molecule has 1 aliphatic heterocycles. The second-order valence-corrected chi connectivity index (χ2v) is 6.38. The number of aromatic nitrogens is 1. The Labute approximate surface area is 155 Å². The summed E-state index contributed by atoms with van der Waals surface area (Å²) in [5.41, 5.74) is 1.61. The summed E-state index contributed by atoms with van der Waals surface area (Å²) in [7, 11) is 6.05. The van der Waals surface area contributed by atoms with Crippen LogP contribution in [0.3, 0.4) is 0 Å². The summed E-state index contributed by atoms with van der Waals surface area (Å²) < 4.78 is 24.1. The van der Waals surface area contributed by atoms with E-state index in [1.54, 1.807) is 19.2 Å². The van der Waals surface area contributed by atoms with Crippen LogP contribution in [0.5, 0.6) is 23.0 Å². The first-order chi connectivity index (χ1) is 13.1. The Balaban J connectivity index is 2.39. The molecule has 0 saturated carbocycles. The lowest BCUT2D eigenvalue weighted by Gasteiger charge is -2.29. The topological polar surface area (TPSA) is 79.2 Å². The van der Waals surface area contributed by atoms with Crippen LogP contribution in [0.25, 0.3) is 21.8 Å². The van der Waals surface area contributed by atoms with Gasteiger partial charge in [-0.05, 0) is 18.6 Å². The van der Waals surface area contributed by atoms with Gasteiger partial charge in [-0.1, -0.05) is 6.07 Å². The summed E-state index contributed by atoms with van der Waals surface area (Å²) in [6, 6.07) is 5.37. The molecule has 1 aromatic heterocycles. The van der Waals surface area contributed by atoms with Crippen LogP contribution in [0.2, 0.25) is 0 Å². The number of para-hydroxylation sites is 1. The van der Waals surface area contributed by atoms with Gasteiger partial charge in [-0.25, -0.2) is 0 Å². The molecule has 3 aromatic rings. The van der Waals surface area contributed by atoms with Gasteiger partial charge in [-0.15, -0.1) is 0 Å². The predicted molar refractivity (Wildman–Crippen MR) is 101 cm³/mol. The van der Waals surface area contributed by atoms with Gasteiger partial charge in [0.05, 0.1) is 61.9 Å². The SMILES string of the molecule is COc1c(OC)c2c3c(c1OC)c(=O)c1cccc(OC)c1n3CCC2O.